The fourth-order valence-corrected chi connectivity index (χ4v) is 4.35. The van der Waals surface area contributed by atoms with E-state index in [4.69, 9.17) is 0 Å². The van der Waals surface area contributed by atoms with Crippen molar-refractivity contribution in [2.45, 2.75) is 44.9 Å². The van der Waals surface area contributed by atoms with Gasteiger partial charge in [-0.15, -0.1) is 0 Å². The van der Waals surface area contributed by atoms with E-state index in [1.165, 1.54) is 31.9 Å². The van der Waals surface area contributed by atoms with Crippen LogP contribution in [0.2, 0.25) is 0 Å². The van der Waals surface area contributed by atoms with Crippen LogP contribution >= 0.6 is 0 Å². The Hall–Kier alpha value is -1.36. The lowest BCUT2D eigenvalue weighted by molar-refractivity contribution is 0.257. The SMILES string of the molecule is C[C@@H]1CCC[C@@H](Cn2c(CS(C)(=O)=O)nc3ccccc32)C1. The molecule has 120 valence electrons. The molecule has 1 aliphatic rings. The highest BCUT2D eigenvalue weighted by Crippen LogP contribution is 2.31. The quantitative estimate of drug-likeness (QED) is 0.867. The highest BCUT2D eigenvalue weighted by molar-refractivity contribution is 7.89. The number of aromatic nitrogens is 2. The summed E-state index contributed by atoms with van der Waals surface area (Å²) in [5.41, 5.74) is 1.95. The van der Waals surface area contributed by atoms with Gasteiger partial charge in [0.1, 0.15) is 11.6 Å². The molecule has 5 heteroatoms. The highest BCUT2D eigenvalue weighted by atomic mass is 32.2. The molecule has 0 unspecified atom stereocenters. The maximum absolute atomic E-state index is 11.7. The number of rotatable bonds is 4. The fourth-order valence-electron chi connectivity index (χ4n) is 3.66. The second-order valence-corrected chi connectivity index (χ2v) is 8.98. The van der Waals surface area contributed by atoms with E-state index >= 15 is 0 Å². The molecule has 1 saturated carbocycles. The summed E-state index contributed by atoms with van der Waals surface area (Å²) in [4.78, 5) is 4.57. The monoisotopic (exact) mass is 320 g/mol. The van der Waals surface area contributed by atoms with E-state index in [-0.39, 0.29) is 5.75 Å². The predicted molar refractivity (Wildman–Crippen MR) is 89.4 cm³/mol. The molecule has 4 nitrogen and oxygen atoms in total. The van der Waals surface area contributed by atoms with Gasteiger partial charge in [-0.1, -0.05) is 31.9 Å². The smallest absolute Gasteiger partial charge is 0.154 e. The van der Waals surface area contributed by atoms with Crippen LogP contribution in [-0.2, 0) is 22.1 Å². The normalized spacial score (nSPS) is 23.0. The van der Waals surface area contributed by atoms with E-state index in [1.807, 2.05) is 24.3 Å². The Labute approximate surface area is 132 Å². The molecule has 0 radical (unpaired) electrons. The second-order valence-electron chi connectivity index (χ2n) is 6.84. The van der Waals surface area contributed by atoms with Crippen molar-refractivity contribution in [2.24, 2.45) is 11.8 Å². The van der Waals surface area contributed by atoms with Crippen LogP contribution in [0, 0.1) is 11.8 Å². The van der Waals surface area contributed by atoms with Crippen LogP contribution < -0.4 is 0 Å². The van der Waals surface area contributed by atoms with Crippen LogP contribution in [0.1, 0.15) is 38.4 Å². The van der Waals surface area contributed by atoms with Crippen LogP contribution in [0.5, 0.6) is 0 Å². The van der Waals surface area contributed by atoms with Crippen molar-refractivity contribution in [3.05, 3.63) is 30.1 Å². The molecule has 2 atom stereocenters. The number of para-hydroxylation sites is 2. The number of hydrogen-bond donors (Lipinski definition) is 0. The summed E-state index contributed by atoms with van der Waals surface area (Å²) in [6, 6.07) is 7.95. The van der Waals surface area contributed by atoms with Crippen LogP contribution in [0.25, 0.3) is 11.0 Å². The summed E-state index contributed by atoms with van der Waals surface area (Å²) < 4.78 is 25.6. The second kappa shape index (κ2) is 6.03. The molecule has 0 bridgehead atoms. The standard InChI is InChI=1S/C17H24N2O2S/c1-13-6-5-7-14(10-13)11-19-16-9-4-3-8-15(16)18-17(19)12-22(2,20)21/h3-4,8-9,13-14H,5-7,10-12H2,1-2H3/t13-,14-/m1/s1. The Morgan fingerprint density at radius 2 is 2.05 bits per heavy atom. The summed E-state index contributed by atoms with van der Waals surface area (Å²) in [6.45, 7) is 3.20. The average molecular weight is 320 g/mol. The van der Waals surface area contributed by atoms with Gasteiger partial charge in [0.05, 0.1) is 11.0 Å². The minimum atomic E-state index is -3.08. The first-order valence-corrected chi connectivity index (χ1v) is 10.1. The van der Waals surface area contributed by atoms with E-state index < -0.39 is 9.84 Å². The average Bonchev–Trinajstić information content (AvgIpc) is 2.75. The Balaban J connectivity index is 1.96. The van der Waals surface area contributed by atoms with Gasteiger partial charge in [-0.3, -0.25) is 0 Å². The van der Waals surface area contributed by atoms with Gasteiger partial charge < -0.3 is 4.57 Å². The molecule has 0 saturated heterocycles. The third-order valence-corrected chi connectivity index (χ3v) is 5.39. The van der Waals surface area contributed by atoms with Gasteiger partial charge >= 0.3 is 0 Å². The van der Waals surface area contributed by atoms with Crippen LogP contribution in [-0.4, -0.2) is 24.2 Å². The molecule has 1 aromatic carbocycles. The predicted octanol–water partition coefficient (Wildman–Crippen LogP) is 3.41. The molecule has 0 amide bonds. The molecular weight excluding hydrogens is 296 g/mol. The largest absolute Gasteiger partial charge is 0.327 e. The van der Waals surface area contributed by atoms with Crippen LogP contribution in [0.3, 0.4) is 0 Å². The summed E-state index contributed by atoms with van der Waals surface area (Å²) in [6.07, 6.45) is 6.33. The lowest BCUT2D eigenvalue weighted by atomic mass is 9.82. The number of hydrogen-bond acceptors (Lipinski definition) is 3. The van der Waals surface area contributed by atoms with Crippen molar-refractivity contribution < 1.29 is 8.42 Å². The van der Waals surface area contributed by atoms with Gasteiger partial charge in [0.15, 0.2) is 9.84 Å². The van der Waals surface area contributed by atoms with E-state index in [0.29, 0.717) is 11.7 Å². The zero-order chi connectivity index (χ0) is 15.7. The summed E-state index contributed by atoms with van der Waals surface area (Å²) >= 11 is 0. The first-order chi connectivity index (χ1) is 10.4. The summed E-state index contributed by atoms with van der Waals surface area (Å²) in [7, 11) is -3.08. The summed E-state index contributed by atoms with van der Waals surface area (Å²) in [5.74, 6) is 2.10. The Morgan fingerprint density at radius 1 is 1.27 bits per heavy atom. The van der Waals surface area contributed by atoms with E-state index in [2.05, 4.69) is 16.5 Å². The highest BCUT2D eigenvalue weighted by Gasteiger charge is 2.22. The van der Waals surface area contributed by atoms with E-state index in [0.717, 1.165) is 23.5 Å². The first kappa shape index (κ1) is 15.5. The third kappa shape index (κ3) is 3.51. The first-order valence-electron chi connectivity index (χ1n) is 8.04. The number of fused-ring (bicyclic) bond motifs is 1. The lowest BCUT2D eigenvalue weighted by Crippen LogP contribution is -2.20. The van der Waals surface area contributed by atoms with Gasteiger partial charge in [-0.2, -0.15) is 0 Å². The van der Waals surface area contributed by atoms with Crippen molar-refractivity contribution in [1.82, 2.24) is 9.55 Å². The maximum atomic E-state index is 11.7. The number of benzene rings is 1. The number of imidazole rings is 1. The van der Waals surface area contributed by atoms with Crippen molar-refractivity contribution in [2.75, 3.05) is 6.26 Å². The summed E-state index contributed by atoms with van der Waals surface area (Å²) in [5, 5.41) is 0. The molecule has 0 aliphatic heterocycles. The molecular formula is C17H24N2O2S. The minimum absolute atomic E-state index is 0.0178. The molecule has 3 rings (SSSR count). The van der Waals surface area contributed by atoms with Crippen molar-refractivity contribution in [3.63, 3.8) is 0 Å². The van der Waals surface area contributed by atoms with Gasteiger partial charge in [0, 0.05) is 12.8 Å². The van der Waals surface area contributed by atoms with E-state index in [1.54, 1.807) is 0 Å². The Bertz CT molecular complexity index is 764. The zero-order valence-corrected chi connectivity index (χ0v) is 14.1. The van der Waals surface area contributed by atoms with Gasteiger partial charge in [-0.05, 0) is 36.8 Å². The third-order valence-electron chi connectivity index (χ3n) is 4.61. The van der Waals surface area contributed by atoms with Crippen LogP contribution in [0.4, 0.5) is 0 Å². The molecule has 0 spiro atoms. The lowest BCUT2D eigenvalue weighted by Gasteiger charge is -2.27. The molecule has 1 aliphatic carbocycles. The maximum Gasteiger partial charge on any atom is 0.154 e. The van der Waals surface area contributed by atoms with E-state index in [9.17, 15) is 8.42 Å². The van der Waals surface area contributed by atoms with Crippen LogP contribution in [0.15, 0.2) is 24.3 Å². The van der Waals surface area contributed by atoms with Gasteiger partial charge in [0.2, 0.25) is 0 Å². The topological polar surface area (TPSA) is 52.0 Å². The fraction of sp³-hybridized carbons (Fsp3) is 0.588. The van der Waals surface area contributed by atoms with Gasteiger partial charge in [0.25, 0.3) is 0 Å². The molecule has 2 aromatic rings. The van der Waals surface area contributed by atoms with Crippen molar-refractivity contribution >= 4 is 20.9 Å². The minimum Gasteiger partial charge on any atom is -0.327 e. The number of sulfone groups is 1. The Morgan fingerprint density at radius 3 is 2.77 bits per heavy atom. The molecule has 1 heterocycles. The molecule has 1 fully saturated rings. The Kier molecular flexibility index (Phi) is 4.26. The van der Waals surface area contributed by atoms with Crippen molar-refractivity contribution in [3.8, 4) is 0 Å². The molecule has 0 N–H and O–H groups in total. The molecule has 1 aromatic heterocycles. The molecule has 22 heavy (non-hydrogen) atoms. The zero-order valence-electron chi connectivity index (χ0n) is 13.3. The van der Waals surface area contributed by atoms with Gasteiger partial charge in [-0.25, -0.2) is 13.4 Å². The number of nitrogens with zero attached hydrogens (tertiary/aromatic N) is 2. The van der Waals surface area contributed by atoms with Crippen molar-refractivity contribution in [1.29, 1.82) is 0 Å².